The zero-order valence-electron chi connectivity index (χ0n) is 20.6. The first-order chi connectivity index (χ1) is 19.3. The maximum absolute atomic E-state index is 15.6. The van der Waals surface area contributed by atoms with Gasteiger partial charge in [-0.05, 0) is 12.8 Å². The molecular weight excluding hydrogens is 538 g/mol. The second kappa shape index (κ2) is 9.37. The number of imidazole rings is 2. The Labute approximate surface area is 222 Å². The number of nitrogen functional groups attached to an aromatic ring is 2. The van der Waals surface area contributed by atoms with Crippen LogP contribution in [0.3, 0.4) is 0 Å². The minimum absolute atomic E-state index is 0.0113. The number of fused-ring (bicyclic) bond motifs is 3. The number of alkyl halides is 2. The Morgan fingerprint density at radius 1 is 1.00 bits per heavy atom. The molecule has 0 bridgehead atoms. The van der Waals surface area contributed by atoms with Crippen LogP contribution in [-0.2, 0) is 18.9 Å². The van der Waals surface area contributed by atoms with Crippen LogP contribution in [0.25, 0.3) is 22.3 Å². The van der Waals surface area contributed by atoms with Gasteiger partial charge in [0.05, 0.1) is 25.4 Å². The first-order valence-electron chi connectivity index (χ1n) is 12.5. The number of nitrogens with two attached hydrogens (primary N) is 2. The molecule has 0 saturated carbocycles. The Kier molecular flexibility index (Phi) is 5.89. The topological polar surface area (TPSA) is 216 Å². The average Bonchev–Trinajstić information content (AvgIpc) is 3.65. The quantitative estimate of drug-likeness (QED) is 0.251. The summed E-state index contributed by atoms with van der Waals surface area (Å²) in [5.74, 6) is -0.535. The molecular formula is C22H24F2N10O6. The molecule has 0 radical (unpaired) electrons. The van der Waals surface area contributed by atoms with Crippen molar-refractivity contribution in [3.63, 3.8) is 0 Å². The molecule has 4 aromatic heterocycles. The number of rotatable bonds is 4. The van der Waals surface area contributed by atoms with Crippen LogP contribution >= 0.6 is 0 Å². The highest BCUT2D eigenvalue weighted by molar-refractivity contribution is 5.81. The highest BCUT2D eigenvalue weighted by Gasteiger charge is 2.50. The summed E-state index contributed by atoms with van der Waals surface area (Å²) in [5.41, 5.74) is 11.5. The van der Waals surface area contributed by atoms with Crippen molar-refractivity contribution in [2.75, 3.05) is 18.1 Å². The van der Waals surface area contributed by atoms with Crippen molar-refractivity contribution in [2.45, 2.75) is 62.4 Å². The van der Waals surface area contributed by atoms with E-state index in [1.165, 1.54) is 28.1 Å². The predicted molar refractivity (Wildman–Crippen MR) is 129 cm³/mol. The van der Waals surface area contributed by atoms with E-state index in [0.717, 1.165) is 0 Å². The van der Waals surface area contributed by atoms with Gasteiger partial charge >= 0.3 is 0 Å². The molecule has 0 spiro atoms. The van der Waals surface area contributed by atoms with E-state index in [1.807, 2.05) is 0 Å². The van der Waals surface area contributed by atoms with Gasteiger partial charge in [-0.1, -0.05) is 0 Å². The van der Waals surface area contributed by atoms with E-state index in [4.69, 9.17) is 30.4 Å². The highest BCUT2D eigenvalue weighted by atomic mass is 19.1. The van der Waals surface area contributed by atoms with Crippen molar-refractivity contribution in [3.05, 3.63) is 29.3 Å². The molecule has 18 heteroatoms. The number of H-pyrrole nitrogens is 1. The fourth-order valence-electron chi connectivity index (χ4n) is 5.50. The molecule has 9 atom stereocenters. The standard InChI is InChI=1S/C22H24F2N10O6/c23-10-7-1-2-9(37-3-8(7)38-19(10)33-5-29-12-15(25)27-4-28-16(12)33)39-21-11(24)14(35)20(40-21)34-6-30-13-17(34)31-22(26)32-18(13)36/h4-11,14,19-21,35H,1-3H2,(H2,25,27,28)(H3,26,31,32,36)/t7-,8-,9?,10+,11+,14-,19-,20-,21?/m1/s1. The lowest BCUT2D eigenvalue weighted by Crippen LogP contribution is -2.33. The molecule has 0 aromatic carbocycles. The van der Waals surface area contributed by atoms with E-state index in [0.29, 0.717) is 17.6 Å². The second-order valence-electron chi connectivity index (χ2n) is 9.84. The number of anilines is 2. The van der Waals surface area contributed by atoms with Crippen LogP contribution in [0.5, 0.6) is 0 Å². The van der Waals surface area contributed by atoms with E-state index in [1.54, 1.807) is 0 Å². The van der Waals surface area contributed by atoms with Gasteiger partial charge in [-0.2, -0.15) is 4.98 Å². The van der Waals surface area contributed by atoms with Crippen LogP contribution in [0.1, 0.15) is 25.3 Å². The Hall–Kier alpha value is -3.84. The van der Waals surface area contributed by atoms with Crippen LogP contribution < -0.4 is 17.0 Å². The van der Waals surface area contributed by atoms with Crippen LogP contribution in [0, 0.1) is 5.92 Å². The van der Waals surface area contributed by atoms with Gasteiger partial charge in [0.2, 0.25) is 5.95 Å². The Morgan fingerprint density at radius 3 is 2.60 bits per heavy atom. The number of nitrogens with zero attached hydrogens (tertiary/aromatic N) is 7. The SMILES string of the molecule is Nc1nc2c(ncn2[C@@H]2OC(OC3CC[C@H]4[C@H](F)[C@H](n5cnc6c(N)ncnc65)O[C@@H]4CO3)[C@@H](F)[C@H]2O)c(=O)[nH]1. The number of aliphatic hydroxyl groups excluding tert-OH is 1. The van der Waals surface area contributed by atoms with Crippen LogP contribution in [-0.4, -0.2) is 87.9 Å². The Balaban J connectivity index is 1.03. The van der Waals surface area contributed by atoms with E-state index in [-0.39, 0.29) is 36.0 Å². The smallest absolute Gasteiger partial charge is 0.280 e. The van der Waals surface area contributed by atoms with Gasteiger partial charge in [-0.15, -0.1) is 0 Å². The van der Waals surface area contributed by atoms with Gasteiger partial charge in [0.1, 0.15) is 17.9 Å². The summed E-state index contributed by atoms with van der Waals surface area (Å²) in [7, 11) is 0. The van der Waals surface area contributed by atoms with Crippen molar-refractivity contribution in [1.82, 2.24) is 39.0 Å². The maximum Gasteiger partial charge on any atom is 0.280 e. The zero-order chi connectivity index (χ0) is 27.7. The van der Waals surface area contributed by atoms with Gasteiger partial charge in [0.25, 0.3) is 5.56 Å². The zero-order valence-corrected chi connectivity index (χ0v) is 20.6. The minimum Gasteiger partial charge on any atom is -0.385 e. The van der Waals surface area contributed by atoms with Crippen molar-refractivity contribution >= 4 is 34.1 Å². The number of halogens is 2. The highest BCUT2D eigenvalue weighted by Crippen LogP contribution is 2.43. The summed E-state index contributed by atoms with van der Waals surface area (Å²) < 4.78 is 56.6. The van der Waals surface area contributed by atoms with Crippen LogP contribution in [0.4, 0.5) is 20.5 Å². The monoisotopic (exact) mass is 562 g/mol. The van der Waals surface area contributed by atoms with Crippen molar-refractivity contribution in [2.24, 2.45) is 5.92 Å². The molecule has 16 nitrogen and oxygen atoms in total. The number of aromatic amines is 1. The summed E-state index contributed by atoms with van der Waals surface area (Å²) in [6.45, 7) is -0.0240. The number of hydrogen-bond acceptors (Lipinski definition) is 13. The van der Waals surface area contributed by atoms with E-state index in [9.17, 15) is 9.90 Å². The van der Waals surface area contributed by atoms with Gasteiger partial charge in [0, 0.05) is 5.92 Å². The molecule has 3 saturated heterocycles. The summed E-state index contributed by atoms with van der Waals surface area (Å²) in [6, 6.07) is 0. The molecule has 0 aliphatic carbocycles. The molecule has 4 aromatic rings. The third-order valence-corrected chi connectivity index (χ3v) is 7.48. The third-order valence-electron chi connectivity index (χ3n) is 7.48. The third kappa shape index (κ3) is 3.90. The summed E-state index contributed by atoms with van der Waals surface area (Å²) in [5, 5.41) is 10.6. The van der Waals surface area contributed by atoms with Crippen LogP contribution in [0.2, 0.25) is 0 Å². The number of nitrogens with one attached hydrogen (secondary N) is 1. The van der Waals surface area contributed by atoms with E-state index >= 15 is 8.78 Å². The molecule has 3 aliphatic rings. The normalized spacial score (nSPS) is 34.4. The average molecular weight is 562 g/mol. The molecule has 3 fully saturated rings. The maximum atomic E-state index is 15.6. The Morgan fingerprint density at radius 2 is 1.77 bits per heavy atom. The van der Waals surface area contributed by atoms with Gasteiger partial charge < -0.3 is 35.5 Å². The fraction of sp³-hybridized carbons (Fsp3) is 0.545. The first-order valence-corrected chi connectivity index (χ1v) is 12.5. The molecule has 7 rings (SSSR count). The molecule has 40 heavy (non-hydrogen) atoms. The minimum atomic E-state index is -1.97. The van der Waals surface area contributed by atoms with Crippen molar-refractivity contribution < 1.29 is 32.8 Å². The number of aromatic nitrogens is 8. The van der Waals surface area contributed by atoms with Crippen molar-refractivity contribution in [1.29, 1.82) is 0 Å². The lowest BCUT2D eigenvalue weighted by molar-refractivity contribution is -0.259. The first kappa shape index (κ1) is 25.1. The largest absolute Gasteiger partial charge is 0.385 e. The second-order valence-corrected chi connectivity index (χ2v) is 9.84. The molecule has 3 aliphatic heterocycles. The molecule has 6 N–H and O–H groups in total. The summed E-state index contributed by atoms with van der Waals surface area (Å²) in [6.07, 6.45) is -6.02. The molecule has 2 unspecified atom stereocenters. The van der Waals surface area contributed by atoms with Crippen LogP contribution in [0.15, 0.2) is 23.8 Å². The lowest BCUT2D eigenvalue weighted by Gasteiger charge is -2.23. The fourth-order valence-corrected chi connectivity index (χ4v) is 5.50. The predicted octanol–water partition coefficient (Wildman–Crippen LogP) is -0.317. The van der Waals surface area contributed by atoms with E-state index < -0.39 is 61.1 Å². The van der Waals surface area contributed by atoms with E-state index in [2.05, 4.69) is 29.9 Å². The molecule has 7 heterocycles. The Bertz CT molecular complexity index is 1630. The van der Waals surface area contributed by atoms with Gasteiger partial charge in [-0.25, -0.2) is 28.7 Å². The number of hydrogen-bond donors (Lipinski definition) is 4. The number of aliphatic hydroxyl groups is 1. The summed E-state index contributed by atoms with van der Waals surface area (Å²) >= 11 is 0. The number of ether oxygens (including phenoxy) is 4. The lowest BCUT2D eigenvalue weighted by atomic mass is 9.94. The molecule has 0 amide bonds. The molecule has 212 valence electrons. The van der Waals surface area contributed by atoms with Crippen molar-refractivity contribution in [3.8, 4) is 0 Å². The van der Waals surface area contributed by atoms with Gasteiger partial charge in [0.15, 0.2) is 60.0 Å². The summed E-state index contributed by atoms with van der Waals surface area (Å²) in [4.78, 5) is 34.6. The van der Waals surface area contributed by atoms with Gasteiger partial charge in [-0.3, -0.25) is 18.9 Å².